The molecular weight excluding hydrogens is 230 g/mol. The highest BCUT2D eigenvalue weighted by atomic mass is 16.5. The van der Waals surface area contributed by atoms with Crippen LogP contribution in [0.2, 0.25) is 0 Å². The number of Topliss-reactive ketones (excluding diaryl/α,β-unsaturated/α-hetero) is 1. The number of carbonyl (C=O) groups excluding carboxylic acids is 2. The lowest BCUT2D eigenvalue weighted by atomic mass is 9.85. The number of ether oxygens (including phenoxy) is 1. The molecule has 0 bridgehead atoms. The first kappa shape index (κ1) is 14.7. The zero-order valence-corrected chi connectivity index (χ0v) is 11.4. The molecule has 100 valence electrons. The van der Waals surface area contributed by atoms with Gasteiger partial charge in [0.1, 0.15) is 5.41 Å². The Morgan fingerprint density at radius 1 is 1.56 bits per heavy atom. The van der Waals surface area contributed by atoms with Gasteiger partial charge in [0.2, 0.25) is 0 Å². The highest BCUT2D eigenvalue weighted by molar-refractivity contribution is 6.06. The normalized spacial score (nSPS) is 31.1. The van der Waals surface area contributed by atoms with Crippen molar-refractivity contribution >= 4 is 11.8 Å². The summed E-state index contributed by atoms with van der Waals surface area (Å²) in [6, 6.07) is 2.18. The third-order valence-electron chi connectivity index (χ3n) is 3.91. The van der Waals surface area contributed by atoms with Crippen LogP contribution in [0, 0.1) is 28.6 Å². The number of hydrogen-bond acceptors (Lipinski definition) is 4. The van der Waals surface area contributed by atoms with E-state index in [0.29, 0.717) is 12.8 Å². The first-order valence-corrected chi connectivity index (χ1v) is 6.53. The van der Waals surface area contributed by atoms with Gasteiger partial charge in [-0.25, -0.2) is 0 Å². The van der Waals surface area contributed by atoms with E-state index in [-0.39, 0.29) is 17.6 Å². The van der Waals surface area contributed by atoms with Gasteiger partial charge in [0.05, 0.1) is 19.1 Å². The predicted molar refractivity (Wildman–Crippen MR) is 66.5 cm³/mol. The summed E-state index contributed by atoms with van der Waals surface area (Å²) in [5.74, 6) is -1.27. The number of carbonyl (C=O) groups is 2. The Hall–Kier alpha value is -1.37. The number of methoxy groups -OCH3 is 1. The fourth-order valence-corrected chi connectivity index (χ4v) is 2.77. The molecule has 3 atom stereocenters. The molecule has 0 aromatic heterocycles. The molecule has 0 aliphatic heterocycles. The van der Waals surface area contributed by atoms with Gasteiger partial charge in [0, 0.05) is 5.92 Å². The van der Waals surface area contributed by atoms with Gasteiger partial charge >= 0.3 is 5.97 Å². The van der Waals surface area contributed by atoms with Crippen LogP contribution in [0.4, 0.5) is 0 Å². The number of nitrogens with zero attached hydrogens (tertiary/aromatic N) is 1. The largest absolute Gasteiger partial charge is 0.468 e. The third kappa shape index (κ3) is 2.55. The maximum absolute atomic E-state index is 12.3. The van der Waals surface area contributed by atoms with Crippen LogP contribution in [-0.4, -0.2) is 18.9 Å². The van der Waals surface area contributed by atoms with E-state index in [2.05, 4.69) is 13.0 Å². The van der Waals surface area contributed by atoms with Crippen molar-refractivity contribution in [3.8, 4) is 6.07 Å². The van der Waals surface area contributed by atoms with Gasteiger partial charge in [-0.1, -0.05) is 26.2 Å². The van der Waals surface area contributed by atoms with Crippen molar-refractivity contribution in [3.05, 3.63) is 0 Å². The Morgan fingerprint density at radius 2 is 2.22 bits per heavy atom. The minimum Gasteiger partial charge on any atom is -0.468 e. The van der Waals surface area contributed by atoms with Gasteiger partial charge in [0.15, 0.2) is 5.78 Å². The summed E-state index contributed by atoms with van der Waals surface area (Å²) in [6.45, 7) is 3.70. The maximum atomic E-state index is 12.3. The van der Waals surface area contributed by atoms with Crippen molar-refractivity contribution in [1.82, 2.24) is 0 Å². The Morgan fingerprint density at radius 3 is 2.72 bits per heavy atom. The zero-order valence-electron chi connectivity index (χ0n) is 11.4. The molecule has 3 unspecified atom stereocenters. The fraction of sp³-hybridized carbons (Fsp3) is 0.786. The van der Waals surface area contributed by atoms with Crippen LogP contribution >= 0.6 is 0 Å². The second-order valence-electron chi connectivity index (χ2n) is 5.23. The van der Waals surface area contributed by atoms with Crippen LogP contribution in [0.15, 0.2) is 0 Å². The molecule has 4 heteroatoms. The Bertz CT molecular complexity index is 372. The minimum absolute atomic E-state index is 0.114. The molecule has 1 rings (SSSR count). The second-order valence-corrected chi connectivity index (χ2v) is 5.23. The standard InChI is InChI=1S/C14H21NO3/c1-4-5-6-7-11-10(9-15)8-14(2,12(11)16)13(17)18-3/h10-11H,4-8H2,1-3H3. The summed E-state index contributed by atoms with van der Waals surface area (Å²) in [4.78, 5) is 24.1. The van der Waals surface area contributed by atoms with E-state index in [1.165, 1.54) is 7.11 Å². The molecule has 1 saturated carbocycles. The molecule has 1 fully saturated rings. The summed E-state index contributed by atoms with van der Waals surface area (Å²) >= 11 is 0. The van der Waals surface area contributed by atoms with E-state index >= 15 is 0 Å². The van der Waals surface area contributed by atoms with Crippen molar-refractivity contribution in [2.45, 2.75) is 46.0 Å². The van der Waals surface area contributed by atoms with Crippen molar-refractivity contribution in [1.29, 1.82) is 5.26 Å². The maximum Gasteiger partial charge on any atom is 0.319 e. The van der Waals surface area contributed by atoms with Crippen molar-refractivity contribution < 1.29 is 14.3 Å². The summed E-state index contributed by atoms with van der Waals surface area (Å²) in [5, 5.41) is 9.14. The fourth-order valence-electron chi connectivity index (χ4n) is 2.77. The van der Waals surface area contributed by atoms with Gasteiger partial charge in [-0.15, -0.1) is 0 Å². The van der Waals surface area contributed by atoms with Crippen molar-refractivity contribution in [2.24, 2.45) is 17.3 Å². The quantitative estimate of drug-likeness (QED) is 0.427. The molecule has 0 saturated heterocycles. The summed E-state index contributed by atoms with van der Waals surface area (Å²) in [6.07, 6.45) is 4.06. The highest BCUT2D eigenvalue weighted by Crippen LogP contribution is 2.44. The van der Waals surface area contributed by atoms with E-state index in [4.69, 9.17) is 10.00 Å². The molecule has 0 spiro atoms. The third-order valence-corrected chi connectivity index (χ3v) is 3.91. The number of rotatable bonds is 5. The van der Waals surface area contributed by atoms with E-state index in [1.54, 1.807) is 6.92 Å². The lowest BCUT2D eigenvalue weighted by molar-refractivity contribution is -0.155. The number of unbranched alkanes of at least 4 members (excludes halogenated alkanes) is 2. The average Bonchev–Trinajstić information content (AvgIpc) is 2.63. The van der Waals surface area contributed by atoms with Crippen LogP contribution in [0.1, 0.15) is 46.0 Å². The Balaban J connectivity index is 2.83. The molecule has 0 radical (unpaired) electrons. The zero-order chi connectivity index (χ0) is 13.8. The molecule has 4 nitrogen and oxygen atoms in total. The van der Waals surface area contributed by atoms with Crippen LogP contribution in [0.3, 0.4) is 0 Å². The lowest BCUT2D eigenvalue weighted by Crippen LogP contribution is -2.35. The SMILES string of the molecule is CCCCCC1C(=O)C(C)(C(=O)OC)CC1C#N. The Labute approximate surface area is 108 Å². The Kier molecular flexibility index (Phi) is 4.89. The number of hydrogen-bond donors (Lipinski definition) is 0. The van der Waals surface area contributed by atoms with E-state index in [9.17, 15) is 9.59 Å². The molecule has 0 amide bonds. The van der Waals surface area contributed by atoms with E-state index in [0.717, 1.165) is 19.3 Å². The molecule has 0 N–H and O–H groups in total. The lowest BCUT2D eigenvalue weighted by Gasteiger charge is -2.18. The molecule has 1 aliphatic carbocycles. The molecule has 0 heterocycles. The average molecular weight is 251 g/mol. The second kappa shape index (κ2) is 5.99. The first-order chi connectivity index (χ1) is 8.51. The van der Waals surface area contributed by atoms with Crippen LogP contribution < -0.4 is 0 Å². The van der Waals surface area contributed by atoms with E-state index < -0.39 is 11.4 Å². The van der Waals surface area contributed by atoms with Gasteiger partial charge < -0.3 is 4.74 Å². The van der Waals surface area contributed by atoms with Crippen molar-refractivity contribution in [3.63, 3.8) is 0 Å². The van der Waals surface area contributed by atoms with Gasteiger partial charge in [-0.05, 0) is 19.8 Å². The smallest absolute Gasteiger partial charge is 0.319 e. The minimum atomic E-state index is -1.12. The first-order valence-electron chi connectivity index (χ1n) is 6.53. The molecule has 1 aliphatic rings. The van der Waals surface area contributed by atoms with Gasteiger partial charge in [0.25, 0.3) is 0 Å². The summed E-state index contributed by atoms with van der Waals surface area (Å²) in [5.41, 5.74) is -1.12. The predicted octanol–water partition coefficient (Wildman–Crippen LogP) is 2.47. The highest BCUT2D eigenvalue weighted by Gasteiger charge is 2.55. The van der Waals surface area contributed by atoms with Gasteiger partial charge in [-0.3, -0.25) is 9.59 Å². The van der Waals surface area contributed by atoms with Gasteiger partial charge in [-0.2, -0.15) is 5.26 Å². The molecule has 0 aromatic rings. The van der Waals surface area contributed by atoms with Crippen LogP contribution in [-0.2, 0) is 14.3 Å². The van der Waals surface area contributed by atoms with Crippen LogP contribution in [0.5, 0.6) is 0 Å². The topological polar surface area (TPSA) is 67.2 Å². The monoisotopic (exact) mass is 251 g/mol. The number of nitriles is 1. The van der Waals surface area contributed by atoms with Crippen molar-refractivity contribution in [2.75, 3.05) is 7.11 Å². The summed E-state index contributed by atoms with van der Waals surface area (Å²) in [7, 11) is 1.28. The summed E-state index contributed by atoms with van der Waals surface area (Å²) < 4.78 is 4.71. The molecular formula is C14H21NO3. The van der Waals surface area contributed by atoms with Crippen LogP contribution in [0.25, 0.3) is 0 Å². The number of esters is 1. The van der Waals surface area contributed by atoms with E-state index in [1.807, 2.05) is 0 Å². The molecule has 0 aromatic carbocycles. The molecule has 18 heavy (non-hydrogen) atoms. The number of ketones is 1.